The summed E-state index contributed by atoms with van der Waals surface area (Å²) in [4.78, 5) is 21.1. The molecule has 0 bridgehead atoms. The molecule has 63 heavy (non-hydrogen) atoms. The van der Waals surface area contributed by atoms with E-state index in [0.717, 1.165) is 72.9 Å². The number of nitrogens with zero attached hydrogens (tertiary/aromatic N) is 5. The third kappa shape index (κ3) is 7.15. The van der Waals surface area contributed by atoms with Crippen LogP contribution in [0.15, 0.2) is 212 Å². The highest BCUT2D eigenvalue weighted by Crippen LogP contribution is 2.41. The predicted molar refractivity (Wildman–Crippen MR) is 259 cm³/mol. The Labute approximate surface area is 366 Å². The molecule has 11 rings (SSSR count). The van der Waals surface area contributed by atoms with Gasteiger partial charge in [-0.1, -0.05) is 169 Å². The summed E-state index contributed by atoms with van der Waals surface area (Å²) in [6.07, 6.45) is 0. The molecule has 0 aliphatic heterocycles. The molecule has 3 heterocycles. The Morgan fingerprint density at radius 3 is 1.41 bits per heavy atom. The van der Waals surface area contributed by atoms with Crippen LogP contribution in [0.4, 0.5) is 0 Å². The molecule has 0 spiro atoms. The van der Waals surface area contributed by atoms with Crippen LogP contribution in [0.5, 0.6) is 0 Å². The van der Waals surface area contributed by atoms with E-state index in [0.29, 0.717) is 11.6 Å². The maximum Gasteiger partial charge on any atom is 0.160 e. The number of hydrogen-bond acceptors (Lipinski definition) is 4. The van der Waals surface area contributed by atoms with Crippen LogP contribution in [-0.4, -0.2) is 24.5 Å². The fourth-order valence-corrected chi connectivity index (χ4v) is 8.76. The smallest absolute Gasteiger partial charge is 0.160 e. The van der Waals surface area contributed by atoms with Crippen molar-refractivity contribution in [2.75, 3.05) is 0 Å². The first-order valence-electron chi connectivity index (χ1n) is 21.3. The van der Waals surface area contributed by atoms with Crippen molar-refractivity contribution in [3.63, 3.8) is 0 Å². The number of para-hydroxylation sites is 1. The van der Waals surface area contributed by atoms with Gasteiger partial charge in [0.2, 0.25) is 0 Å². The molecule has 0 fully saturated rings. The Kier molecular flexibility index (Phi) is 9.55. The van der Waals surface area contributed by atoms with Gasteiger partial charge in [0.25, 0.3) is 0 Å². The van der Waals surface area contributed by atoms with Crippen LogP contribution >= 0.6 is 0 Å². The monoisotopic (exact) mass is 807 g/mol. The summed E-state index contributed by atoms with van der Waals surface area (Å²) in [7, 11) is 0. The normalized spacial score (nSPS) is 11.3. The van der Waals surface area contributed by atoms with Crippen molar-refractivity contribution in [1.82, 2.24) is 24.5 Å². The Morgan fingerprint density at radius 2 is 0.810 bits per heavy atom. The van der Waals surface area contributed by atoms with Gasteiger partial charge in [0.05, 0.1) is 39.5 Å². The third-order valence-corrected chi connectivity index (χ3v) is 11.8. The second-order valence-electron chi connectivity index (χ2n) is 16.0. The van der Waals surface area contributed by atoms with Gasteiger partial charge in [0, 0.05) is 44.2 Å². The van der Waals surface area contributed by atoms with E-state index in [4.69, 9.17) is 19.9 Å². The second-order valence-corrected chi connectivity index (χ2v) is 16.0. The van der Waals surface area contributed by atoms with Crippen molar-refractivity contribution in [1.29, 1.82) is 0 Å². The van der Waals surface area contributed by atoms with E-state index in [1.54, 1.807) is 0 Å². The molecule has 0 N–H and O–H groups in total. The van der Waals surface area contributed by atoms with Gasteiger partial charge in [0.15, 0.2) is 11.6 Å². The zero-order valence-electron chi connectivity index (χ0n) is 34.9. The van der Waals surface area contributed by atoms with Crippen molar-refractivity contribution >= 4 is 21.8 Å². The van der Waals surface area contributed by atoms with Gasteiger partial charge in [-0.3, -0.25) is 0 Å². The highest BCUT2D eigenvalue weighted by molar-refractivity contribution is 6.11. The maximum atomic E-state index is 5.40. The van der Waals surface area contributed by atoms with E-state index >= 15 is 0 Å². The van der Waals surface area contributed by atoms with Crippen LogP contribution in [0, 0.1) is 13.8 Å². The lowest BCUT2D eigenvalue weighted by Crippen LogP contribution is -2.02. The van der Waals surface area contributed by atoms with Crippen LogP contribution in [0.25, 0.3) is 106 Å². The van der Waals surface area contributed by atoms with E-state index < -0.39 is 0 Å². The standard InChI is InChI=1S/C58H41N5/c1-38-27-30-46(39(2)33-38)44-28-31-55-48(34-44)47-25-15-16-26-54(47)63(55)56-32-29-45(58-60-50(40-17-7-3-8-18-40)36-51(61-58)41-19-9-4-10-20-41)35-49(56)53-37-52(42-21-11-5-12-22-42)59-57(62-53)43-23-13-6-14-24-43/h3-37H,1-2H3. The Morgan fingerprint density at radius 1 is 0.317 bits per heavy atom. The molecule has 5 heteroatoms. The van der Waals surface area contributed by atoms with Crippen molar-refractivity contribution in [2.45, 2.75) is 13.8 Å². The second kappa shape index (κ2) is 16.0. The highest BCUT2D eigenvalue weighted by Gasteiger charge is 2.21. The summed E-state index contributed by atoms with van der Waals surface area (Å²) in [6, 6.07) is 74.2. The SMILES string of the molecule is Cc1ccc(-c2ccc3c(c2)c2ccccc2n3-c2ccc(-c3nc(-c4ccccc4)cc(-c4ccccc4)n3)cc2-c2cc(-c3ccccc3)nc(-c3ccccc3)n2)c(C)c1. The van der Waals surface area contributed by atoms with Crippen molar-refractivity contribution in [3.05, 3.63) is 223 Å². The van der Waals surface area contributed by atoms with Crippen molar-refractivity contribution in [2.24, 2.45) is 0 Å². The number of hydrogen-bond donors (Lipinski definition) is 0. The summed E-state index contributed by atoms with van der Waals surface area (Å²) < 4.78 is 2.39. The van der Waals surface area contributed by atoms with Gasteiger partial charge in [-0.25, -0.2) is 19.9 Å². The molecule has 0 amide bonds. The number of rotatable bonds is 8. The van der Waals surface area contributed by atoms with Crippen LogP contribution in [0.3, 0.4) is 0 Å². The average molecular weight is 808 g/mol. The molecule has 0 radical (unpaired) electrons. The first-order chi connectivity index (χ1) is 31.0. The molecule has 0 unspecified atom stereocenters. The molecule has 8 aromatic carbocycles. The molecule has 3 aromatic heterocycles. The quantitative estimate of drug-likeness (QED) is 0.153. The van der Waals surface area contributed by atoms with Crippen molar-refractivity contribution < 1.29 is 0 Å². The lowest BCUT2D eigenvalue weighted by Gasteiger charge is -2.17. The highest BCUT2D eigenvalue weighted by atomic mass is 15.0. The maximum absolute atomic E-state index is 5.40. The summed E-state index contributed by atoms with van der Waals surface area (Å²) in [6.45, 7) is 4.34. The predicted octanol–water partition coefficient (Wildman–Crippen LogP) is 14.6. The molecule has 0 saturated heterocycles. The molecule has 11 aromatic rings. The van der Waals surface area contributed by atoms with Crippen LogP contribution in [-0.2, 0) is 0 Å². The zero-order valence-corrected chi connectivity index (χ0v) is 34.9. The summed E-state index contributed by atoms with van der Waals surface area (Å²) >= 11 is 0. The number of benzene rings is 8. The molecule has 0 atom stereocenters. The number of aryl methyl sites for hydroxylation is 2. The van der Waals surface area contributed by atoms with Gasteiger partial charge in [-0.05, 0) is 79.1 Å². The molecular weight excluding hydrogens is 767 g/mol. The molecule has 5 nitrogen and oxygen atoms in total. The minimum absolute atomic E-state index is 0.629. The topological polar surface area (TPSA) is 56.5 Å². The minimum atomic E-state index is 0.629. The minimum Gasteiger partial charge on any atom is -0.309 e. The van der Waals surface area contributed by atoms with Gasteiger partial charge in [-0.15, -0.1) is 0 Å². The van der Waals surface area contributed by atoms with Gasteiger partial charge >= 0.3 is 0 Å². The molecule has 0 saturated carbocycles. The first kappa shape index (κ1) is 37.7. The molecule has 298 valence electrons. The largest absolute Gasteiger partial charge is 0.309 e. The van der Waals surface area contributed by atoms with E-state index in [-0.39, 0.29) is 0 Å². The lowest BCUT2D eigenvalue weighted by atomic mass is 9.97. The zero-order chi connectivity index (χ0) is 42.3. The third-order valence-electron chi connectivity index (χ3n) is 11.8. The number of fused-ring (bicyclic) bond motifs is 3. The molecule has 0 aliphatic carbocycles. The van der Waals surface area contributed by atoms with Crippen molar-refractivity contribution in [3.8, 4) is 84.6 Å². The Bertz CT molecular complexity index is 3340. The fraction of sp³-hybridized carbons (Fsp3) is 0.0345. The van der Waals surface area contributed by atoms with Gasteiger partial charge < -0.3 is 4.57 Å². The van der Waals surface area contributed by atoms with Crippen LogP contribution in [0.1, 0.15) is 11.1 Å². The number of aromatic nitrogens is 5. The first-order valence-corrected chi connectivity index (χ1v) is 21.3. The Hall–Kier alpha value is -8.28. The van der Waals surface area contributed by atoms with E-state index in [1.807, 2.05) is 60.7 Å². The Balaban J connectivity index is 1.19. The van der Waals surface area contributed by atoms with E-state index in [2.05, 4.69) is 170 Å². The summed E-state index contributed by atoms with van der Waals surface area (Å²) in [5.41, 5.74) is 17.3. The van der Waals surface area contributed by atoms with Gasteiger partial charge in [-0.2, -0.15) is 0 Å². The summed E-state index contributed by atoms with van der Waals surface area (Å²) in [5.74, 6) is 1.28. The fourth-order valence-electron chi connectivity index (χ4n) is 8.76. The lowest BCUT2D eigenvalue weighted by molar-refractivity contribution is 1.14. The molecule has 0 aliphatic rings. The average Bonchev–Trinajstić information content (AvgIpc) is 3.68. The van der Waals surface area contributed by atoms with E-state index in [1.165, 1.54) is 33.0 Å². The van der Waals surface area contributed by atoms with Crippen LogP contribution in [0.2, 0.25) is 0 Å². The summed E-state index contributed by atoms with van der Waals surface area (Å²) in [5, 5.41) is 2.36. The van der Waals surface area contributed by atoms with Crippen LogP contribution < -0.4 is 0 Å². The van der Waals surface area contributed by atoms with Gasteiger partial charge in [0.1, 0.15) is 0 Å². The molecular formula is C58H41N5. The van der Waals surface area contributed by atoms with E-state index in [9.17, 15) is 0 Å².